The first-order valence-corrected chi connectivity index (χ1v) is 6.39. The van der Waals surface area contributed by atoms with Crippen LogP contribution < -0.4 is 5.32 Å². The number of benzene rings is 1. The van der Waals surface area contributed by atoms with Gasteiger partial charge in [-0.05, 0) is 37.5 Å². The summed E-state index contributed by atoms with van der Waals surface area (Å²) in [5, 5.41) is 4.16. The molecule has 17 heavy (non-hydrogen) atoms. The van der Waals surface area contributed by atoms with E-state index in [1.807, 2.05) is 19.1 Å². The number of oxazole rings is 1. The van der Waals surface area contributed by atoms with E-state index in [0.29, 0.717) is 5.02 Å². The van der Waals surface area contributed by atoms with Gasteiger partial charge in [0.15, 0.2) is 11.5 Å². The third-order valence-corrected chi connectivity index (χ3v) is 3.25. The summed E-state index contributed by atoms with van der Waals surface area (Å²) in [6, 6.07) is 4.49. The second kappa shape index (κ2) is 4.31. The summed E-state index contributed by atoms with van der Waals surface area (Å²) < 4.78 is 5.75. The molecule has 0 radical (unpaired) electrons. The van der Waals surface area contributed by atoms with Crippen molar-refractivity contribution >= 4 is 22.7 Å². The highest BCUT2D eigenvalue weighted by molar-refractivity contribution is 6.31. The lowest BCUT2D eigenvalue weighted by atomic mass is 10.2. The van der Waals surface area contributed by atoms with Crippen molar-refractivity contribution in [1.29, 1.82) is 0 Å². The van der Waals surface area contributed by atoms with Gasteiger partial charge in [-0.2, -0.15) is 0 Å². The van der Waals surface area contributed by atoms with Gasteiger partial charge in [-0.15, -0.1) is 0 Å². The van der Waals surface area contributed by atoms with Gasteiger partial charge in [0, 0.05) is 24.0 Å². The summed E-state index contributed by atoms with van der Waals surface area (Å²) in [4.78, 5) is 4.46. The molecule has 1 aromatic heterocycles. The zero-order valence-corrected chi connectivity index (χ0v) is 10.5. The number of nitrogens with zero attached hydrogens (tertiary/aromatic N) is 1. The Labute approximate surface area is 105 Å². The van der Waals surface area contributed by atoms with Crippen LogP contribution in [0.3, 0.4) is 0 Å². The summed E-state index contributed by atoms with van der Waals surface area (Å²) in [5.74, 6) is 0.790. The molecule has 1 saturated carbocycles. The van der Waals surface area contributed by atoms with Crippen molar-refractivity contribution in [2.75, 3.05) is 6.54 Å². The molecule has 0 spiro atoms. The van der Waals surface area contributed by atoms with Crippen molar-refractivity contribution < 1.29 is 4.42 Å². The van der Waals surface area contributed by atoms with Gasteiger partial charge < -0.3 is 9.73 Å². The average molecular weight is 251 g/mol. The topological polar surface area (TPSA) is 38.1 Å². The van der Waals surface area contributed by atoms with Crippen LogP contribution in [-0.2, 0) is 6.42 Å². The molecule has 1 aliphatic carbocycles. The van der Waals surface area contributed by atoms with Crippen LogP contribution in [0.25, 0.3) is 11.1 Å². The van der Waals surface area contributed by atoms with Crippen molar-refractivity contribution in [3.05, 3.63) is 28.6 Å². The van der Waals surface area contributed by atoms with Gasteiger partial charge in [-0.25, -0.2) is 4.98 Å². The molecule has 1 N–H and O–H groups in total. The third kappa shape index (κ3) is 2.45. The van der Waals surface area contributed by atoms with E-state index in [0.717, 1.165) is 41.6 Å². The lowest BCUT2D eigenvalue weighted by molar-refractivity contribution is 0.513. The maximum Gasteiger partial charge on any atom is 0.196 e. The van der Waals surface area contributed by atoms with Gasteiger partial charge in [-0.3, -0.25) is 0 Å². The number of hydrogen-bond donors (Lipinski definition) is 1. The van der Waals surface area contributed by atoms with Crippen LogP contribution >= 0.6 is 11.6 Å². The number of aryl methyl sites for hydroxylation is 1. The van der Waals surface area contributed by atoms with Crippen LogP contribution in [0.5, 0.6) is 0 Å². The summed E-state index contributed by atoms with van der Waals surface area (Å²) in [6.45, 7) is 2.93. The van der Waals surface area contributed by atoms with Gasteiger partial charge in [0.1, 0.15) is 5.52 Å². The Hall–Kier alpha value is -1.06. The normalized spacial score (nSPS) is 15.6. The predicted molar refractivity (Wildman–Crippen MR) is 68.5 cm³/mol. The van der Waals surface area contributed by atoms with Crippen molar-refractivity contribution in [3.8, 4) is 0 Å². The SMILES string of the molecule is Cc1cc(Cl)cc2nc(CCNC3CC3)oc12. The lowest BCUT2D eigenvalue weighted by Gasteiger charge is -1.98. The quantitative estimate of drug-likeness (QED) is 0.906. The largest absolute Gasteiger partial charge is 0.440 e. The summed E-state index contributed by atoms with van der Waals surface area (Å²) in [5.41, 5.74) is 2.76. The van der Waals surface area contributed by atoms with Crippen LogP contribution in [0.15, 0.2) is 16.5 Å². The van der Waals surface area contributed by atoms with E-state index in [1.165, 1.54) is 12.8 Å². The third-order valence-electron chi connectivity index (χ3n) is 3.03. The standard InChI is InChI=1S/C13H15ClN2O/c1-8-6-9(14)7-11-13(8)17-12(16-11)4-5-15-10-2-3-10/h6-7,10,15H,2-5H2,1H3. The molecule has 1 aliphatic rings. The molecule has 0 aliphatic heterocycles. The molecule has 4 heteroatoms. The summed E-state index contributed by atoms with van der Waals surface area (Å²) in [7, 11) is 0. The Kier molecular flexibility index (Phi) is 2.81. The zero-order valence-electron chi connectivity index (χ0n) is 9.79. The van der Waals surface area contributed by atoms with Gasteiger partial charge in [-0.1, -0.05) is 11.6 Å². The zero-order chi connectivity index (χ0) is 11.8. The fraction of sp³-hybridized carbons (Fsp3) is 0.462. The van der Waals surface area contributed by atoms with E-state index in [1.54, 1.807) is 0 Å². The fourth-order valence-electron chi connectivity index (χ4n) is 1.98. The van der Waals surface area contributed by atoms with Crippen molar-refractivity contribution in [2.24, 2.45) is 0 Å². The van der Waals surface area contributed by atoms with E-state index in [9.17, 15) is 0 Å². The van der Waals surface area contributed by atoms with E-state index in [-0.39, 0.29) is 0 Å². The minimum absolute atomic E-state index is 0.714. The summed E-state index contributed by atoms with van der Waals surface area (Å²) in [6.07, 6.45) is 3.45. The first kappa shape index (κ1) is 11.1. The molecule has 3 nitrogen and oxygen atoms in total. The number of fused-ring (bicyclic) bond motifs is 1. The Balaban J connectivity index is 1.77. The minimum atomic E-state index is 0.714. The average Bonchev–Trinajstić information content (AvgIpc) is 2.98. The van der Waals surface area contributed by atoms with Crippen LogP contribution in [0.2, 0.25) is 5.02 Å². The molecule has 1 heterocycles. The fourth-order valence-corrected chi connectivity index (χ4v) is 2.25. The molecule has 2 aromatic rings. The Morgan fingerprint density at radius 3 is 3.06 bits per heavy atom. The van der Waals surface area contributed by atoms with E-state index in [4.69, 9.17) is 16.0 Å². The highest BCUT2D eigenvalue weighted by Gasteiger charge is 2.20. The number of aromatic nitrogens is 1. The Morgan fingerprint density at radius 2 is 2.29 bits per heavy atom. The van der Waals surface area contributed by atoms with Crippen LogP contribution in [0.4, 0.5) is 0 Å². The lowest BCUT2D eigenvalue weighted by Crippen LogP contribution is -2.19. The van der Waals surface area contributed by atoms with E-state index < -0.39 is 0 Å². The van der Waals surface area contributed by atoms with E-state index >= 15 is 0 Å². The van der Waals surface area contributed by atoms with Gasteiger partial charge in [0.05, 0.1) is 0 Å². The molecule has 1 fully saturated rings. The first-order chi connectivity index (χ1) is 8.22. The van der Waals surface area contributed by atoms with E-state index in [2.05, 4.69) is 10.3 Å². The number of nitrogens with one attached hydrogen (secondary N) is 1. The number of rotatable bonds is 4. The highest BCUT2D eigenvalue weighted by atomic mass is 35.5. The monoisotopic (exact) mass is 250 g/mol. The first-order valence-electron chi connectivity index (χ1n) is 6.01. The Bertz CT molecular complexity index is 546. The van der Waals surface area contributed by atoms with Crippen molar-refractivity contribution in [2.45, 2.75) is 32.2 Å². The van der Waals surface area contributed by atoms with Crippen LogP contribution in [0, 0.1) is 6.92 Å². The van der Waals surface area contributed by atoms with Crippen LogP contribution in [-0.4, -0.2) is 17.6 Å². The second-order valence-electron chi connectivity index (χ2n) is 4.66. The molecule has 0 atom stereocenters. The number of halogens is 1. The van der Waals surface area contributed by atoms with Gasteiger partial charge in [0.2, 0.25) is 0 Å². The molecule has 3 rings (SSSR count). The molecular weight excluding hydrogens is 236 g/mol. The van der Waals surface area contributed by atoms with Crippen LogP contribution in [0.1, 0.15) is 24.3 Å². The second-order valence-corrected chi connectivity index (χ2v) is 5.09. The van der Waals surface area contributed by atoms with Gasteiger partial charge >= 0.3 is 0 Å². The molecule has 1 aromatic carbocycles. The smallest absolute Gasteiger partial charge is 0.196 e. The van der Waals surface area contributed by atoms with Gasteiger partial charge in [0.25, 0.3) is 0 Å². The molecule has 0 unspecified atom stereocenters. The molecule has 0 amide bonds. The van der Waals surface area contributed by atoms with Crippen molar-refractivity contribution in [1.82, 2.24) is 10.3 Å². The maximum absolute atomic E-state index is 5.99. The molecular formula is C13H15ClN2O. The summed E-state index contributed by atoms with van der Waals surface area (Å²) >= 11 is 5.99. The highest BCUT2D eigenvalue weighted by Crippen LogP contribution is 2.24. The molecule has 0 bridgehead atoms. The number of hydrogen-bond acceptors (Lipinski definition) is 3. The maximum atomic E-state index is 5.99. The van der Waals surface area contributed by atoms with Crippen molar-refractivity contribution in [3.63, 3.8) is 0 Å². The minimum Gasteiger partial charge on any atom is -0.440 e. The predicted octanol–water partition coefficient (Wildman–Crippen LogP) is 3.08. The molecule has 0 saturated heterocycles. The molecule has 90 valence electrons. The Morgan fingerprint density at radius 1 is 1.47 bits per heavy atom.